The summed E-state index contributed by atoms with van der Waals surface area (Å²) in [6, 6.07) is 12.7. The summed E-state index contributed by atoms with van der Waals surface area (Å²) in [7, 11) is 1.54. The van der Waals surface area contributed by atoms with Gasteiger partial charge in [0, 0.05) is 17.3 Å². The number of rotatable bonds is 6. The van der Waals surface area contributed by atoms with E-state index in [9.17, 15) is 14.0 Å². The van der Waals surface area contributed by atoms with Crippen LogP contribution in [0.4, 0.5) is 10.1 Å². The number of halogens is 1. The van der Waals surface area contributed by atoms with Crippen LogP contribution in [0.5, 0.6) is 5.75 Å². The average Bonchev–Trinajstić information content (AvgIpc) is 2.60. The molecular weight excluding hydrogens is 313 g/mol. The van der Waals surface area contributed by atoms with E-state index in [1.807, 2.05) is 0 Å². The number of carbonyl (C=O) groups excluding carboxylic acids is 2. The molecule has 0 aliphatic heterocycles. The molecule has 1 amide bonds. The van der Waals surface area contributed by atoms with Gasteiger partial charge in [0.15, 0.2) is 6.61 Å². The number of anilines is 1. The number of nitrogens with one attached hydrogen (secondary N) is 1. The number of hydrogen-bond acceptors (Lipinski definition) is 4. The summed E-state index contributed by atoms with van der Waals surface area (Å²) in [6.07, 6.45) is 2.36. The van der Waals surface area contributed by atoms with Gasteiger partial charge in [-0.25, -0.2) is 9.18 Å². The van der Waals surface area contributed by atoms with Crippen molar-refractivity contribution in [2.45, 2.75) is 0 Å². The molecule has 0 saturated heterocycles. The second-order valence-electron chi connectivity index (χ2n) is 4.74. The van der Waals surface area contributed by atoms with Gasteiger partial charge in [-0.3, -0.25) is 4.79 Å². The molecule has 0 heterocycles. The molecule has 124 valence electrons. The van der Waals surface area contributed by atoms with Gasteiger partial charge in [0.05, 0.1) is 7.11 Å². The van der Waals surface area contributed by atoms with Crippen LogP contribution in [0.15, 0.2) is 54.6 Å². The van der Waals surface area contributed by atoms with Crippen LogP contribution in [0.2, 0.25) is 0 Å². The molecule has 1 N–H and O–H groups in total. The molecule has 0 aromatic heterocycles. The number of benzene rings is 2. The van der Waals surface area contributed by atoms with Gasteiger partial charge in [-0.1, -0.05) is 18.2 Å². The molecule has 2 aromatic rings. The summed E-state index contributed by atoms with van der Waals surface area (Å²) in [5, 5.41) is 2.58. The summed E-state index contributed by atoms with van der Waals surface area (Å²) in [6.45, 7) is -0.438. The van der Waals surface area contributed by atoms with Crippen molar-refractivity contribution >= 4 is 23.6 Å². The minimum absolute atomic E-state index is 0.261. The Labute approximate surface area is 138 Å². The van der Waals surface area contributed by atoms with E-state index < -0.39 is 24.3 Å². The first-order valence-corrected chi connectivity index (χ1v) is 7.12. The maximum Gasteiger partial charge on any atom is 0.331 e. The lowest BCUT2D eigenvalue weighted by Crippen LogP contribution is -2.20. The van der Waals surface area contributed by atoms with Crippen LogP contribution in [-0.2, 0) is 14.3 Å². The summed E-state index contributed by atoms with van der Waals surface area (Å²) in [4.78, 5) is 23.2. The van der Waals surface area contributed by atoms with Gasteiger partial charge < -0.3 is 14.8 Å². The molecule has 5 nitrogen and oxygen atoms in total. The topological polar surface area (TPSA) is 64.6 Å². The predicted molar refractivity (Wildman–Crippen MR) is 88.0 cm³/mol. The SMILES string of the molecule is COc1ccc(NC(=O)COC(=O)/C=C/c2ccccc2F)cc1. The molecule has 2 rings (SSSR count). The molecule has 0 unspecified atom stereocenters. The van der Waals surface area contributed by atoms with Crippen molar-refractivity contribution in [3.8, 4) is 5.75 Å². The van der Waals surface area contributed by atoms with E-state index in [1.54, 1.807) is 43.5 Å². The summed E-state index contributed by atoms with van der Waals surface area (Å²) in [5.74, 6) is -0.993. The third-order valence-corrected chi connectivity index (χ3v) is 3.02. The zero-order chi connectivity index (χ0) is 17.4. The minimum atomic E-state index is -0.733. The first-order chi connectivity index (χ1) is 11.6. The van der Waals surface area contributed by atoms with E-state index in [-0.39, 0.29) is 5.56 Å². The third-order valence-electron chi connectivity index (χ3n) is 3.02. The standard InChI is InChI=1S/C18H16FNO4/c1-23-15-9-7-14(8-10-15)20-17(21)12-24-18(22)11-6-13-4-2-3-5-16(13)19/h2-11H,12H2,1H3,(H,20,21)/b11-6+. The Morgan fingerprint density at radius 3 is 2.50 bits per heavy atom. The number of ether oxygens (including phenoxy) is 2. The molecule has 0 saturated carbocycles. The second kappa shape index (κ2) is 8.47. The molecule has 0 aliphatic carbocycles. The van der Waals surface area contributed by atoms with Crippen LogP contribution >= 0.6 is 0 Å². The second-order valence-corrected chi connectivity index (χ2v) is 4.74. The van der Waals surface area contributed by atoms with Crippen LogP contribution in [0.25, 0.3) is 6.08 Å². The molecule has 24 heavy (non-hydrogen) atoms. The predicted octanol–water partition coefficient (Wildman–Crippen LogP) is 3.03. The Kier molecular flexibility index (Phi) is 6.08. The zero-order valence-corrected chi connectivity index (χ0v) is 13.0. The molecular formula is C18H16FNO4. The average molecular weight is 329 g/mol. The van der Waals surface area contributed by atoms with E-state index in [4.69, 9.17) is 9.47 Å². The Bertz CT molecular complexity index is 741. The molecule has 0 bridgehead atoms. The highest BCUT2D eigenvalue weighted by Gasteiger charge is 2.06. The number of methoxy groups -OCH3 is 1. The maximum atomic E-state index is 13.4. The smallest absolute Gasteiger partial charge is 0.331 e. The fourth-order valence-corrected chi connectivity index (χ4v) is 1.82. The van der Waals surface area contributed by atoms with Crippen molar-refractivity contribution in [3.05, 3.63) is 66.0 Å². The Morgan fingerprint density at radius 2 is 1.83 bits per heavy atom. The van der Waals surface area contributed by atoms with Crippen molar-refractivity contribution in [1.82, 2.24) is 0 Å². The minimum Gasteiger partial charge on any atom is -0.497 e. The van der Waals surface area contributed by atoms with E-state index >= 15 is 0 Å². The van der Waals surface area contributed by atoms with Gasteiger partial charge in [-0.15, -0.1) is 0 Å². The van der Waals surface area contributed by atoms with Gasteiger partial charge in [-0.05, 0) is 36.4 Å². The molecule has 0 atom stereocenters. The normalized spacial score (nSPS) is 10.4. The molecule has 0 aliphatic rings. The first kappa shape index (κ1) is 17.2. The molecule has 2 aromatic carbocycles. The lowest BCUT2D eigenvalue weighted by Gasteiger charge is -2.06. The van der Waals surface area contributed by atoms with Crippen LogP contribution in [0.3, 0.4) is 0 Å². The number of carbonyl (C=O) groups is 2. The van der Waals surface area contributed by atoms with Crippen molar-refractivity contribution < 1.29 is 23.5 Å². The van der Waals surface area contributed by atoms with E-state index in [1.165, 1.54) is 18.2 Å². The third kappa shape index (κ3) is 5.24. The monoisotopic (exact) mass is 329 g/mol. The van der Waals surface area contributed by atoms with E-state index in [0.29, 0.717) is 11.4 Å². The summed E-state index contributed by atoms with van der Waals surface area (Å²) < 4.78 is 23.2. The highest BCUT2D eigenvalue weighted by molar-refractivity contribution is 5.94. The van der Waals surface area contributed by atoms with Crippen LogP contribution in [0, 0.1) is 5.82 Å². The Hall–Kier alpha value is -3.15. The van der Waals surface area contributed by atoms with E-state index in [2.05, 4.69) is 5.32 Å². The quantitative estimate of drug-likeness (QED) is 0.653. The lowest BCUT2D eigenvalue weighted by molar-refractivity contribution is -0.142. The zero-order valence-electron chi connectivity index (χ0n) is 13.0. The van der Waals surface area contributed by atoms with Gasteiger partial charge in [0.1, 0.15) is 11.6 Å². The van der Waals surface area contributed by atoms with Gasteiger partial charge in [0.2, 0.25) is 0 Å². The maximum absolute atomic E-state index is 13.4. The first-order valence-electron chi connectivity index (χ1n) is 7.12. The number of amides is 1. The van der Waals surface area contributed by atoms with Crippen LogP contribution in [-0.4, -0.2) is 25.6 Å². The largest absolute Gasteiger partial charge is 0.497 e. The molecule has 0 radical (unpaired) electrons. The fourth-order valence-electron chi connectivity index (χ4n) is 1.82. The van der Waals surface area contributed by atoms with E-state index in [0.717, 1.165) is 6.08 Å². The summed E-state index contributed by atoms with van der Waals surface area (Å²) in [5.41, 5.74) is 0.816. The molecule has 0 fully saturated rings. The van der Waals surface area contributed by atoms with Crippen molar-refractivity contribution in [3.63, 3.8) is 0 Å². The number of esters is 1. The van der Waals surface area contributed by atoms with Crippen LogP contribution in [0.1, 0.15) is 5.56 Å². The lowest BCUT2D eigenvalue weighted by atomic mass is 10.2. The van der Waals surface area contributed by atoms with Crippen molar-refractivity contribution in [2.24, 2.45) is 0 Å². The van der Waals surface area contributed by atoms with Gasteiger partial charge in [0.25, 0.3) is 5.91 Å². The van der Waals surface area contributed by atoms with Crippen LogP contribution < -0.4 is 10.1 Å². The highest BCUT2D eigenvalue weighted by atomic mass is 19.1. The summed E-state index contributed by atoms with van der Waals surface area (Å²) >= 11 is 0. The number of hydrogen-bond donors (Lipinski definition) is 1. The Morgan fingerprint density at radius 1 is 1.12 bits per heavy atom. The van der Waals surface area contributed by atoms with Gasteiger partial charge >= 0.3 is 5.97 Å². The van der Waals surface area contributed by atoms with Crippen molar-refractivity contribution in [1.29, 1.82) is 0 Å². The molecule has 0 spiro atoms. The molecule has 6 heteroatoms. The fraction of sp³-hybridized carbons (Fsp3) is 0.111. The Balaban J connectivity index is 1.80. The van der Waals surface area contributed by atoms with Crippen molar-refractivity contribution in [2.75, 3.05) is 19.0 Å². The van der Waals surface area contributed by atoms with Gasteiger partial charge in [-0.2, -0.15) is 0 Å². The highest BCUT2D eigenvalue weighted by Crippen LogP contribution is 2.14.